The lowest BCUT2D eigenvalue weighted by Crippen LogP contribution is -2.27. The topological polar surface area (TPSA) is 61.6 Å². The smallest absolute Gasteiger partial charge is 0.395 e. The number of hydrogen-bond donors (Lipinski definition) is 0. The van der Waals surface area contributed by atoms with Crippen molar-refractivity contribution < 1.29 is 9.21 Å². The number of furan rings is 1. The molecule has 1 fully saturated rings. The van der Waals surface area contributed by atoms with Crippen LogP contribution in [0.1, 0.15) is 12.7 Å². The van der Waals surface area contributed by atoms with E-state index in [0.29, 0.717) is 38.5 Å². The Morgan fingerprint density at radius 2 is 2.13 bits per heavy atom. The molecule has 114 valence electrons. The van der Waals surface area contributed by atoms with Crippen molar-refractivity contribution >= 4 is 46.0 Å². The zero-order valence-corrected chi connectivity index (χ0v) is 13.9. The highest BCUT2D eigenvalue weighted by Gasteiger charge is 2.31. The molecule has 2 aromatic rings. The minimum Gasteiger partial charge on any atom is -0.456 e. The number of hydrogen-bond acceptors (Lipinski definition) is 5. The van der Waals surface area contributed by atoms with Crippen molar-refractivity contribution in [2.45, 2.75) is 6.92 Å². The van der Waals surface area contributed by atoms with Crippen LogP contribution in [0.15, 0.2) is 45.7 Å². The zero-order chi connectivity index (χ0) is 16.4. The lowest BCUT2D eigenvalue weighted by atomic mass is 10.1. The largest absolute Gasteiger partial charge is 0.456 e. The summed E-state index contributed by atoms with van der Waals surface area (Å²) in [6, 6.07) is 10.6. The fraction of sp³-hybridized carbons (Fsp3) is 0.125. The van der Waals surface area contributed by atoms with Gasteiger partial charge in [0.15, 0.2) is 4.98 Å². The molecule has 0 atom stereocenters. The van der Waals surface area contributed by atoms with Gasteiger partial charge in [-0.2, -0.15) is 0 Å². The van der Waals surface area contributed by atoms with Gasteiger partial charge in [0.25, 0.3) is 5.91 Å². The van der Waals surface area contributed by atoms with E-state index in [1.165, 1.54) is 11.8 Å². The number of thioether (sulfide) groups is 1. The van der Waals surface area contributed by atoms with Gasteiger partial charge in [-0.05, 0) is 25.1 Å². The van der Waals surface area contributed by atoms with Crippen LogP contribution in [0.5, 0.6) is 0 Å². The summed E-state index contributed by atoms with van der Waals surface area (Å²) in [5, 5.41) is 9.04. The highest BCUT2D eigenvalue weighted by molar-refractivity contribution is 8.26. The molecule has 3 rings (SSSR count). The predicted octanol–water partition coefficient (Wildman–Crippen LogP) is 4.65. The van der Waals surface area contributed by atoms with Crippen LogP contribution in [-0.4, -0.2) is 21.7 Å². The first kappa shape index (κ1) is 15.5. The molecular formula is C16H12N3O2S2+. The van der Waals surface area contributed by atoms with E-state index in [-0.39, 0.29) is 5.91 Å². The van der Waals surface area contributed by atoms with E-state index in [9.17, 15) is 4.79 Å². The van der Waals surface area contributed by atoms with E-state index in [1.807, 2.05) is 13.0 Å². The molecule has 0 N–H and O–H groups in total. The number of rotatable bonds is 3. The molecule has 0 spiro atoms. The predicted molar refractivity (Wildman–Crippen MR) is 94.4 cm³/mol. The second-order valence-electron chi connectivity index (χ2n) is 4.75. The third-order valence-electron chi connectivity index (χ3n) is 3.37. The van der Waals surface area contributed by atoms with Gasteiger partial charge in [-0.15, -0.1) is 0 Å². The number of benzene rings is 1. The van der Waals surface area contributed by atoms with Crippen molar-refractivity contribution in [2.24, 2.45) is 0 Å². The van der Waals surface area contributed by atoms with Gasteiger partial charge in [-0.1, -0.05) is 36.1 Å². The second-order valence-corrected chi connectivity index (χ2v) is 6.42. The lowest BCUT2D eigenvalue weighted by Gasteiger charge is -2.09. The number of carbonyl (C=O) groups excluding carboxylic acids is 1. The summed E-state index contributed by atoms with van der Waals surface area (Å²) in [7, 11) is 0. The van der Waals surface area contributed by atoms with Crippen LogP contribution in [0.2, 0.25) is 0 Å². The number of thiocarbonyl (C=S) groups is 1. The average Bonchev–Trinajstić information content (AvgIpc) is 3.12. The molecule has 1 aliphatic heterocycles. The fourth-order valence-electron chi connectivity index (χ4n) is 2.25. The fourth-order valence-corrected chi connectivity index (χ4v) is 3.61. The van der Waals surface area contributed by atoms with Gasteiger partial charge >= 0.3 is 5.69 Å². The number of likely N-dealkylation sites (N-methyl/N-ethyl adjacent to an activating group) is 1. The summed E-state index contributed by atoms with van der Waals surface area (Å²) in [6.45, 7) is 2.44. The molecular weight excluding hydrogens is 330 g/mol. The molecule has 0 aliphatic carbocycles. The third-order valence-corrected chi connectivity index (χ3v) is 4.74. The highest BCUT2D eigenvalue weighted by atomic mass is 32.2. The van der Waals surface area contributed by atoms with E-state index in [0.717, 1.165) is 0 Å². The molecule has 23 heavy (non-hydrogen) atoms. The first-order valence-corrected chi connectivity index (χ1v) is 8.16. The van der Waals surface area contributed by atoms with Gasteiger partial charge in [-0.25, -0.2) is 0 Å². The summed E-state index contributed by atoms with van der Waals surface area (Å²) in [6.07, 6.45) is 1.68. The van der Waals surface area contributed by atoms with E-state index >= 15 is 0 Å². The lowest BCUT2D eigenvalue weighted by molar-refractivity contribution is -0.121. The molecule has 1 saturated heterocycles. The molecule has 2 heterocycles. The van der Waals surface area contributed by atoms with Crippen molar-refractivity contribution in [2.75, 3.05) is 6.54 Å². The van der Waals surface area contributed by atoms with Crippen molar-refractivity contribution in [3.63, 3.8) is 0 Å². The van der Waals surface area contributed by atoms with E-state index in [4.69, 9.17) is 22.0 Å². The van der Waals surface area contributed by atoms with Gasteiger partial charge in [0, 0.05) is 18.7 Å². The molecule has 1 aromatic carbocycles. The van der Waals surface area contributed by atoms with Crippen LogP contribution >= 0.6 is 24.0 Å². The summed E-state index contributed by atoms with van der Waals surface area (Å²) in [5.41, 5.74) is 1.10. The molecule has 0 radical (unpaired) electrons. The molecule has 1 amide bonds. The van der Waals surface area contributed by atoms with Crippen molar-refractivity contribution in [3.8, 4) is 11.3 Å². The minimum absolute atomic E-state index is 0.105. The average molecular weight is 342 g/mol. The normalized spacial score (nSPS) is 16.2. The Morgan fingerprint density at radius 1 is 1.35 bits per heavy atom. The summed E-state index contributed by atoms with van der Waals surface area (Å²) >= 11 is 6.45. The van der Waals surface area contributed by atoms with Crippen LogP contribution in [0.3, 0.4) is 0 Å². The Labute approximate surface area is 142 Å². The van der Waals surface area contributed by atoms with Gasteiger partial charge in [0.2, 0.25) is 5.39 Å². The number of carbonyl (C=O) groups is 1. The molecule has 1 aliphatic rings. The van der Waals surface area contributed by atoms with Crippen molar-refractivity contribution in [1.82, 2.24) is 4.90 Å². The SMILES string of the molecule is CCN1C(=O)/C(=C/c2ccc(-c3ccccc3[N+]#N)o2)SC1=S. The molecule has 7 heteroatoms. The quantitative estimate of drug-likeness (QED) is 0.461. The molecule has 0 unspecified atom stereocenters. The van der Waals surface area contributed by atoms with Crippen molar-refractivity contribution in [3.05, 3.63) is 52.0 Å². The summed E-state index contributed by atoms with van der Waals surface area (Å²) in [4.78, 5) is 17.5. The summed E-state index contributed by atoms with van der Waals surface area (Å²) in [5.74, 6) is 1.01. The van der Waals surface area contributed by atoms with E-state index in [1.54, 1.807) is 41.3 Å². The second kappa shape index (κ2) is 6.36. The monoisotopic (exact) mass is 342 g/mol. The van der Waals surface area contributed by atoms with Crippen LogP contribution in [0.4, 0.5) is 5.69 Å². The van der Waals surface area contributed by atoms with Crippen LogP contribution in [-0.2, 0) is 4.79 Å². The number of diazo groups is 1. The maximum atomic E-state index is 12.2. The minimum atomic E-state index is -0.105. The van der Waals surface area contributed by atoms with Crippen molar-refractivity contribution in [1.29, 1.82) is 5.39 Å². The number of nitrogens with zero attached hydrogens (tertiary/aromatic N) is 3. The maximum Gasteiger partial charge on any atom is 0.395 e. The van der Waals surface area contributed by atoms with Crippen LogP contribution in [0, 0.1) is 5.39 Å². The Kier molecular flexibility index (Phi) is 4.28. The Hall–Kier alpha value is -2.43. The third kappa shape index (κ3) is 2.91. The number of amides is 1. The first-order valence-electron chi connectivity index (χ1n) is 6.93. The Bertz CT molecular complexity index is 864. The standard InChI is InChI=1S/C16H12N3O2S2/c1-2-19-15(20)14(23-16(19)22)9-10-7-8-13(21-10)11-5-3-4-6-12(11)18-17/h3-9H,2H2,1H3/q+1/b14-9-. The molecule has 5 nitrogen and oxygen atoms in total. The Morgan fingerprint density at radius 3 is 2.83 bits per heavy atom. The zero-order valence-electron chi connectivity index (χ0n) is 12.2. The van der Waals surface area contributed by atoms with Gasteiger partial charge < -0.3 is 4.42 Å². The highest BCUT2D eigenvalue weighted by Crippen LogP contribution is 2.35. The maximum absolute atomic E-state index is 12.2. The molecule has 1 aromatic heterocycles. The molecule has 0 bridgehead atoms. The van der Waals surface area contributed by atoms with Gasteiger partial charge in [0.1, 0.15) is 21.4 Å². The van der Waals surface area contributed by atoms with E-state index < -0.39 is 0 Å². The Balaban J connectivity index is 1.92. The van der Waals surface area contributed by atoms with Gasteiger partial charge in [0.05, 0.1) is 4.91 Å². The molecule has 0 saturated carbocycles. The first-order chi connectivity index (χ1) is 11.1. The van der Waals surface area contributed by atoms with Gasteiger partial charge in [-0.3, -0.25) is 9.69 Å². The van der Waals surface area contributed by atoms with Crippen LogP contribution in [0.25, 0.3) is 22.4 Å². The van der Waals surface area contributed by atoms with E-state index in [2.05, 4.69) is 4.98 Å². The summed E-state index contributed by atoms with van der Waals surface area (Å²) < 4.78 is 6.31. The van der Waals surface area contributed by atoms with Crippen LogP contribution < -0.4 is 0 Å².